The van der Waals surface area contributed by atoms with E-state index in [0.29, 0.717) is 0 Å². The van der Waals surface area contributed by atoms with Crippen molar-refractivity contribution in [3.05, 3.63) is 54.0 Å². The van der Waals surface area contributed by atoms with Gasteiger partial charge in [0.05, 0.1) is 12.6 Å². The molecule has 3 rings (SSSR count). The van der Waals surface area contributed by atoms with E-state index in [1.165, 1.54) is 0 Å². The molecule has 4 nitrogen and oxygen atoms in total. The molecule has 0 saturated carbocycles. The Balaban J connectivity index is 1.88. The lowest BCUT2D eigenvalue weighted by molar-refractivity contribution is 0.373. The first-order valence-electron chi connectivity index (χ1n) is 7.48. The molecule has 0 saturated heterocycles. The maximum Gasteiger partial charge on any atom is 0.134 e. The van der Waals surface area contributed by atoms with Gasteiger partial charge in [0.2, 0.25) is 0 Å². The number of para-hydroxylation sites is 1. The number of aromatic nitrogens is 2. The van der Waals surface area contributed by atoms with E-state index in [-0.39, 0.29) is 6.04 Å². The predicted octanol–water partition coefficient (Wildman–Crippen LogP) is 3.68. The van der Waals surface area contributed by atoms with E-state index >= 15 is 0 Å². The van der Waals surface area contributed by atoms with E-state index in [1.54, 1.807) is 0 Å². The molecular weight excluding hydrogens is 262 g/mol. The highest BCUT2D eigenvalue weighted by molar-refractivity contribution is 5.77. The summed E-state index contributed by atoms with van der Waals surface area (Å²) in [7, 11) is 0. The van der Waals surface area contributed by atoms with E-state index in [9.17, 15) is 0 Å². The van der Waals surface area contributed by atoms with Crippen molar-refractivity contribution in [1.29, 1.82) is 0 Å². The van der Waals surface area contributed by atoms with Gasteiger partial charge in [0, 0.05) is 17.3 Å². The molecule has 0 aliphatic rings. The Morgan fingerprint density at radius 2 is 2.14 bits per heavy atom. The largest absolute Gasteiger partial charge is 0.459 e. The van der Waals surface area contributed by atoms with Crippen LogP contribution >= 0.6 is 0 Å². The van der Waals surface area contributed by atoms with E-state index in [4.69, 9.17) is 4.42 Å². The van der Waals surface area contributed by atoms with E-state index in [1.807, 2.05) is 35.1 Å². The predicted molar refractivity (Wildman–Crippen MR) is 84.2 cm³/mol. The Bertz CT molecular complexity index is 680. The molecule has 2 aromatic heterocycles. The van der Waals surface area contributed by atoms with Gasteiger partial charge in [-0.2, -0.15) is 5.10 Å². The number of furan rings is 1. The number of hydrogen-bond donors (Lipinski definition) is 1. The van der Waals surface area contributed by atoms with Gasteiger partial charge in [-0.3, -0.25) is 4.68 Å². The van der Waals surface area contributed by atoms with Gasteiger partial charge >= 0.3 is 0 Å². The summed E-state index contributed by atoms with van der Waals surface area (Å²) in [6.45, 7) is 5.98. The maximum atomic E-state index is 6.01. The van der Waals surface area contributed by atoms with Crippen molar-refractivity contribution in [2.75, 3.05) is 6.54 Å². The van der Waals surface area contributed by atoms with Gasteiger partial charge in [0.1, 0.15) is 11.3 Å². The lowest BCUT2D eigenvalue weighted by atomic mass is 10.2. The summed E-state index contributed by atoms with van der Waals surface area (Å²) in [6, 6.07) is 12.4. The van der Waals surface area contributed by atoms with Crippen LogP contribution in [0, 0.1) is 6.92 Å². The fourth-order valence-electron chi connectivity index (χ4n) is 2.51. The minimum Gasteiger partial charge on any atom is -0.459 e. The van der Waals surface area contributed by atoms with Crippen LogP contribution in [0.25, 0.3) is 11.0 Å². The lowest BCUT2D eigenvalue weighted by Gasteiger charge is -2.17. The minimum atomic E-state index is 0.135. The quantitative estimate of drug-likeness (QED) is 0.750. The zero-order chi connectivity index (χ0) is 14.7. The third kappa shape index (κ3) is 3.00. The van der Waals surface area contributed by atoms with Gasteiger partial charge in [0.15, 0.2) is 0 Å². The molecule has 1 N–H and O–H groups in total. The van der Waals surface area contributed by atoms with E-state index < -0.39 is 0 Å². The smallest absolute Gasteiger partial charge is 0.134 e. The van der Waals surface area contributed by atoms with Crippen LogP contribution in [0.1, 0.15) is 30.8 Å². The van der Waals surface area contributed by atoms with Crippen LogP contribution in [-0.2, 0) is 6.54 Å². The van der Waals surface area contributed by atoms with Crippen molar-refractivity contribution in [3.8, 4) is 0 Å². The van der Waals surface area contributed by atoms with Gasteiger partial charge in [-0.25, -0.2) is 0 Å². The van der Waals surface area contributed by atoms with Gasteiger partial charge in [-0.15, -0.1) is 0 Å². The van der Waals surface area contributed by atoms with Crippen LogP contribution in [0.15, 0.2) is 47.0 Å². The first-order chi connectivity index (χ1) is 10.3. The highest BCUT2D eigenvalue weighted by Crippen LogP contribution is 2.25. The average Bonchev–Trinajstić information content (AvgIpc) is 3.09. The van der Waals surface area contributed by atoms with Gasteiger partial charge < -0.3 is 9.73 Å². The van der Waals surface area contributed by atoms with Crippen LogP contribution in [0.5, 0.6) is 0 Å². The molecule has 2 heterocycles. The summed E-state index contributed by atoms with van der Waals surface area (Å²) in [6.07, 6.45) is 2.93. The normalized spacial score (nSPS) is 12.9. The van der Waals surface area contributed by atoms with Crippen LogP contribution in [0.4, 0.5) is 0 Å². The van der Waals surface area contributed by atoms with E-state index in [2.05, 4.69) is 36.4 Å². The molecule has 1 aromatic carbocycles. The number of rotatable bonds is 6. The zero-order valence-corrected chi connectivity index (χ0v) is 12.5. The third-order valence-corrected chi connectivity index (χ3v) is 3.71. The molecule has 0 bridgehead atoms. The topological polar surface area (TPSA) is 43.0 Å². The molecule has 0 fully saturated rings. The standard InChI is InChI=1S/C17H21N3O/c1-3-9-18-15(12-20-13(2)8-10-19-20)17-11-14-6-4-5-7-16(14)21-17/h4-8,10-11,15,18H,3,9,12H2,1-2H3. The van der Waals surface area contributed by atoms with Crippen LogP contribution in [0.3, 0.4) is 0 Å². The van der Waals surface area contributed by atoms with Gasteiger partial charge in [-0.05, 0) is 38.1 Å². The molecule has 4 heteroatoms. The molecule has 0 aliphatic carbocycles. The Morgan fingerprint density at radius 3 is 2.86 bits per heavy atom. The van der Waals surface area contributed by atoms with Crippen LogP contribution in [0.2, 0.25) is 0 Å². The van der Waals surface area contributed by atoms with Gasteiger partial charge in [-0.1, -0.05) is 25.1 Å². The number of fused-ring (bicyclic) bond motifs is 1. The second-order valence-electron chi connectivity index (χ2n) is 5.35. The Morgan fingerprint density at radius 1 is 1.29 bits per heavy atom. The molecular formula is C17H21N3O. The fourth-order valence-corrected chi connectivity index (χ4v) is 2.51. The number of nitrogens with zero attached hydrogens (tertiary/aromatic N) is 2. The van der Waals surface area contributed by atoms with E-state index in [0.717, 1.165) is 41.9 Å². The number of hydrogen-bond acceptors (Lipinski definition) is 3. The van der Waals surface area contributed by atoms with Crippen molar-refractivity contribution in [1.82, 2.24) is 15.1 Å². The molecule has 0 spiro atoms. The Labute approximate surface area is 124 Å². The fraction of sp³-hybridized carbons (Fsp3) is 0.353. The molecule has 1 atom stereocenters. The van der Waals surface area contributed by atoms with Gasteiger partial charge in [0.25, 0.3) is 0 Å². The first-order valence-corrected chi connectivity index (χ1v) is 7.48. The van der Waals surface area contributed by atoms with Crippen LogP contribution in [-0.4, -0.2) is 16.3 Å². The molecule has 0 radical (unpaired) electrons. The molecule has 3 aromatic rings. The highest BCUT2D eigenvalue weighted by atomic mass is 16.3. The summed E-state index contributed by atoms with van der Waals surface area (Å²) in [5.74, 6) is 0.972. The molecule has 110 valence electrons. The molecule has 0 aliphatic heterocycles. The van der Waals surface area contributed by atoms with Crippen molar-refractivity contribution >= 4 is 11.0 Å². The summed E-state index contributed by atoms with van der Waals surface area (Å²) in [5, 5.41) is 9.08. The van der Waals surface area contributed by atoms with Crippen molar-refractivity contribution < 1.29 is 4.42 Å². The zero-order valence-electron chi connectivity index (χ0n) is 12.5. The SMILES string of the molecule is CCCNC(Cn1nccc1C)c1cc2ccccc2o1. The number of nitrogens with one attached hydrogen (secondary N) is 1. The second kappa shape index (κ2) is 6.14. The monoisotopic (exact) mass is 283 g/mol. The summed E-state index contributed by atoms with van der Waals surface area (Å²) >= 11 is 0. The van der Waals surface area contributed by atoms with Crippen LogP contribution < -0.4 is 5.32 Å². The van der Waals surface area contributed by atoms with Crippen molar-refractivity contribution in [2.24, 2.45) is 0 Å². The number of aryl methyl sites for hydroxylation is 1. The third-order valence-electron chi connectivity index (χ3n) is 3.71. The maximum absolute atomic E-state index is 6.01. The summed E-state index contributed by atoms with van der Waals surface area (Å²) < 4.78 is 8.03. The van der Waals surface area contributed by atoms with Crippen molar-refractivity contribution in [3.63, 3.8) is 0 Å². The highest BCUT2D eigenvalue weighted by Gasteiger charge is 2.17. The molecule has 1 unspecified atom stereocenters. The minimum absolute atomic E-state index is 0.135. The molecule has 21 heavy (non-hydrogen) atoms. The number of benzene rings is 1. The first kappa shape index (κ1) is 13.9. The van der Waals surface area contributed by atoms with Crippen molar-refractivity contribution in [2.45, 2.75) is 32.9 Å². The lowest BCUT2D eigenvalue weighted by Crippen LogP contribution is -2.26. The average molecular weight is 283 g/mol. The molecule has 0 amide bonds. The Kier molecular flexibility index (Phi) is 4.06. The summed E-state index contributed by atoms with van der Waals surface area (Å²) in [4.78, 5) is 0. The summed E-state index contributed by atoms with van der Waals surface area (Å²) in [5.41, 5.74) is 2.10. The Hall–Kier alpha value is -2.07. The second-order valence-corrected chi connectivity index (χ2v) is 5.35.